The van der Waals surface area contributed by atoms with Gasteiger partial charge in [0.05, 0.1) is 4.86 Å². The van der Waals surface area contributed by atoms with Crippen molar-refractivity contribution in [3.05, 3.63) is 0 Å². The Labute approximate surface area is 69.0 Å². The van der Waals surface area contributed by atoms with Gasteiger partial charge in [-0.3, -0.25) is 0 Å². The second kappa shape index (κ2) is 3.73. The number of hydrogen-bond acceptors (Lipinski definition) is 1. The number of thiocarbonyl (C=S) groups is 1. The average Bonchev–Trinajstić information content (AvgIpc) is 1.81. The largest absolute Gasteiger partial charge is 0.0914 e. The molecule has 0 atom stereocenters. The van der Waals surface area contributed by atoms with E-state index in [9.17, 15) is 0 Å². The lowest BCUT2D eigenvalue weighted by Gasteiger charge is -2.06. The summed E-state index contributed by atoms with van der Waals surface area (Å²) < 4.78 is 0. The molecule has 1 heteroatoms. The first-order valence-electron chi connectivity index (χ1n) is 3.51. The van der Waals surface area contributed by atoms with Crippen LogP contribution in [0.3, 0.4) is 0 Å². The smallest absolute Gasteiger partial charge is 0.0646 e. The van der Waals surface area contributed by atoms with Gasteiger partial charge in [0.15, 0.2) is 0 Å². The second-order valence-electron chi connectivity index (χ2n) is 3.28. The van der Waals surface area contributed by atoms with Gasteiger partial charge in [-0.25, -0.2) is 0 Å². The summed E-state index contributed by atoms with van der Waals surface area (Å²) in [6, 6.07) is 0. The van der Waals surface area contributed by atoms with Crippen LogP contribution in [0.2, 0.25) is 0 Å². The van der Waals surface area contributed by atoms with Gasteiger partial charge in [-0.15, -0.1) is 0 Å². The molecule has 0 bridgehead atoms. The topological polar surface area (TPSA) is 0 Å². The van der Waals surface area contributed by atoms with Crippen molar-refractivity contribution < 1.29 is 0 Å². The molecular weight excluding hydrogens is 140 g/mol. The fourth-order valence-electron chi connectivity index (χ4n) is 0.346. The summed E-state index contributed by atoms with van der Waals surface area (Å²) in [5.41, 5.74) is 0.0826. The van der Waals surface area contributed by atoms with Crippen molar-refractivity contribution in [1.82, 2.24) is 0 Å². The van der Waals surface area contributed by atoms with Crippen LogP contribution in [0.15, 0.2) is 0 Å². The van der Waals surface area contributed by atoms with Crippen LogP contribution in [-0.2, 0) is 0 Å². The molecule has 0 aliphatic heterocycles. The molecule has 0 unspecified atom stereocenters. The van der Waals surface area contributed by atoms with Crippen LogP contribution in [0.1, 0.15) is 34.1 Å². The Bertz CT molecular complexity index is 173. The number of rotatable bonds is 1. The average molecular weight is 154 g/mol. The molecule has 0 saturated heterocycles. The Morgan fingerprint density at radius 3 is 2.20 bits per heavy atom. The maximum Gasteiger partial charge on any atom is 0.0646 e. The fourth-order valence-corrected chi connectivity index (χ4v) is 0.397. The van der Waals surface area contributed by atoms with E-state index in [-0.39, 0.29) is 5.41 Å². The Kier molecular flexibility index (Phi) is 3.60. The highest BCUT2D eigenvalue weighted by molar-refractivity contribution is 7.80. The molecular formula is C9H14S. The maximum atomic E-state index is 4.95. The van der Waals surface area contributed by atoms with Crippen molar-refractivity contribution in [2.75, 3.05) is 0 Å². The van der Waals surface area contributed by atoms with Crippen molar-refractivity contribution in [1.29, 1.82) is 0 Å². The summed E-state index contributed by atoms with van der Waals surface area (Å²) in [4.78, 5) is 0.856. The molecule has 0 fully saturated rings. The predicted octanol–water partition coefficient (Wildman–Crippen LogP) is 2.82. The minimum atomic E-state index is 0.0826. The highest BCUT2D eigenvalue weighted by atomic mass is 32.1. The second-order valence-corrected chi connectivity index (χ2v) is 3.77. The van der Waals surface area contributed by atoms with Crippen LogP contribution in [0.25, 0.3) is 0 Å². The van der Waals surface area contributed by atoms with Crippen LogP contribution >= 0.6 is 12.2 Å². The Hall–Kier alpha value is -0.350. The van der Waals surface area contributed by atoms with Gasteiger partial charge < -0.3 is 0 Å². The van der Waals surface area contributed by atoms with Gasteiger partial charge in [0.2, 0.25) is 0 Å². The normalized spacial score (nSPS) is 10.0. The summed E-state index contributed by atoms with van der Waals surface area (Å²) in [6.45, 7) is 8.27. The Morgan fingerprint density at radius 2 is 1.90 bits per heavy atom. The monoisotopic (exact) mass is 154 g/mol. The van der Waals surface area contributed by atoms with Crippen LogP contribution in [0.5, 0.6) is 0 Å². The Balaban J connectivity index is 4.05. The van der Waals surface area contributed by atoms with E-state index in [2.05, 4.69) is 32.6 Å². The molecule has 56 valence electrons. The predicted molar refractivity (Wildman–Crippen MR) is 50.1 cm³/mol. The van der Waals surface area contributed by atoms with E-state index in [1.807, 2.05) is 6.92 Å². The van der Waals surface area contributed by atoms with Gasteiger partial charge in [0.25, 0.3) is 0 Å². The summed E-state index contributed by atoms with van der Waals surface area (Å²) in [5, 5.41) is 0. The van der Waals surface area contributed by atoms with Gasteiger partial charge in [-0.1, -0.05) is 31.0 Å². The lowest BCUT2D eigenvalue weighted by atomic mass is 9.98. The van der Waals surface area contributed by atoms with E-state index < -0.39 is 0 Å². The van der Waals surface area contributed by atoms with Gasteiger partial charge >= 0.3 is 0 Å². The first-order chi connectivity index (χ1) is 4.45. The zero-order valence-electron chi connectivity index (χ0n) is 7.12. The number of hydrogen-bond donors (Lipinski definition) is 0. The molecule has 0 nitrogen and oxygen atoms in total. The molecule has 0 rings (SSSR count). The molecule has 0 aliphatic carbocycles. The van der Waals surface area contributed by atoms with Gasteiger partial charge in [0, 0.05) is 5.41 Å². The molecule has 0 aromatic heterocycles. The van der Waals surface area contributed by atoms with Gasteiger partial charge in [-0.2, -0.15) is 0 Å². The zero-order chi connectivity index (χ0) is 8.20. The van der Waals surface area contributed by atoms with Crippen LogP contribution in [0, 0.1) is 17.3 Å². The van der Waals surface area contributed by atoms with E-state index in [0.717, 1.165) is 11.3 Å². The third-order valence-electron chi connectivity index (χ3n) is 0.898. The molecule has 0 radical (unpaired) electrons. The minimum Gasteiger partial charge on any atom is -0.0914 e. The van der Waals surface area contributed by atoms with Crippen molar-refractivity contribution in [3.8, 4) is 11.8 Å². The van der Waals surface area contributed by atoms with Crippen molar-refractivity contribution in [2.45, 2.75) is 34.1 Å². The third kappa shape index (κ3) is 5.78. The van der Waals surface area contributed by atoms with E-state index in [0.29, 0.717) is 0 Å². The van der Waals surface area contributed by atoms with Crippen LogP contribution in [0.4, 0.5) is 0 Å². The highest BCUT2D eigenvalue weighted by Crippen LogP contribution is 2.09. The van der Waals surface area contributed by atoms with Crippen molar-refractivity contribution in [3.63, 3.8) is 0 Å². The first kappa shape index (κ1) is 9.65. The molecule has 0 saturated carbocycles. The van der Waals surface area contributed by atoms with E-state index in [4.69, 9.17) is 12.2 Å². The summed E-state index contributed by atoms with van der Waals surface area (Å²) in [6.07, 6.45) is 0.887. The molecule has 10 heavy (non-hydrogen) atoms. The lowest BCUT2D eigenvalue weighted by Crippen LogP contribution is -2.00. The third-order valence-corrected chi connectivity index (χ3v) is 1.29. The fraction of sp³-hybridized carbons (Fsp3) is 0.667. The molecule has 0 heterocycles. The molecule has 0 aliphatic rings. The Morgan fingerprint density at radius 1 is 1.40 bits per heavy atom. The lowest BCUT2D eigenvalue weighted by molar-refractivity contribution is 0.571. The summed E-state index contributed by atoms with van der Waals surface area (Å²) >= 11 is 4.95. The molecule has 0 amide bonds. The summed E-state index contributed by atoms with van der Waals surface area (Å²) in [7, 11) is 0. The summed E-state index contributed by atoms with van der Waals surface area (Å²) in [5.74, 6) is 6.04. The van der Waals surface area contributed by atoms with Gasteiger partial charge in [-0.05, 0) is 27.2 Å². The van der Waals surface area contributed by atoms with E-state index in [1.165, 1.54) is 0 Å². The van der Waals surface area contributed by atoms with E-state index >= 15 is 0 Å². The SMILES string of the molecule is CCC(=S)C#CC(C)(C)C. The highest BCUT2D eigenvalue weighted by Gasteiger charge is 2.02. The molecule has 0 spiro atoms. The minimum absolute atomic E-state index is 0.0826. The van der Waals surface area contributed by atoms with E-state index in [1.54, 1.807) is 0 Å². The maximum absolute atomic E-state index is 4.95. The molecule has 0 aromatic rings. The van der Waals surface area contributed by atoms with Crippen molar-refractivity contribution >= 4 is 17.1 Å². The zero-order valence-corrected chi connectivity index (χ0v) is 7.93. The van der Waals surface area contributed by atoms with Crippen LogP contribution in [-0.4, -0.2) is 4.86 Å². The molecule has 0 aromatic carbocycles. The molecule has 0 N–H and O–H groups in total. The van der Waals surface area contributed by atoms with Crippen LogP contribution < -0.4 is 0 Å². The quantitative estimate of drug-likeness (QED) is 0.413. The van der Waals surface area contributed by atoms with Gasteiger partial charge in [0.1, 0.15) is 0 Å². The standard InChI is InChI=1S/C9H14S/c1-5-8(10)6-7-9(2,3)4/h5H2,1-4H3. The van der Waals surface area contributed by atoms with Crippen molar-refractivity contribution in [2.24, 2.45) is 5.41 Å². The first-order valence-corrected chi connectivity index (χ1v) is 3.92.